The molecule has 2 atom stereocenters. The molecule has 0 saturated carbocycles. The summed E-state index contributed by atoms with van der Waals surface area (Å²) < 4.78 is 26.8. The number of carbonyl (C=O) groups excluding carboxylic acids is 2. The number of allylic oxidation sites excluding steroid dienone is 4. The number of phosphoric ester groups is 1. The van der Waals surface area contributed by atoms with Crippen molar-refractivity contribution < 1.29 is 37.9 Å². The predicted octanol–water partition coefficient (Wildman–Crippen LogP) is 11.6. The Balaban J connectivity index is 3.59. The largest absolute Gasteiger partial charge is 0.472 e. The molecule has 10 heteroatoms. The number of carbonyl (C=O) groups is 2. The van der Waals surface area contributed by atoms with Gasteiger partial charge in [-0.25, -0.2) is 4.57 Å². The van der Waals surface area contributed by atoms with Crippen molar-refractivity contribution in [3.8, 4) is 0 Å². The lowest BCUT2D eigenvalue weighted by Gasteiger charge is -2.15. The first kappa shape index (κ1) is 50.5. The summed E-state index contributed by atoms with van der Waals surface area (Å²) in [5, 5.41) is 12.7. The van der Waals surface area contributed by atoms with Gasteiger partial charge in [-0.3, -0.25) is 18.6 Å². The molecule has 9 nitrogen and oxygen atoms in total. The highest BCUT2D eigenvalue weighted by atomic mass is 31.2. The standard InChI is InChI=1S/C42H80NO8P/c1-3-5-7-9-11-13-15-17-19-20-21-23-25-27-29-31-33-35-42(46)49-38-40(44)39-51-52(47,48)50-37-36-43-41(45)34-32-30-28-26-24-22-18-16-14-12-10-8-6-4-2/h10,12,16,18,40,44H,3-9,11,13-15,17,19-39H2,1-2H3,(H,43,45)(H,47,48)/b12-10-,18-16-. The lowest BCUT2D eigenvalue weighted by molar-refractivity contribution is -0.147. The van der Waals surface area contributed by atoms with Crippen molar-refractivity contribution in [2.24, 2.45) is 0 Å². The molecule has 0 aromatic carbocycles. The van der Waals surface area contributed by atoms with Gasteiger partial charge in [0, 0.05) is 19.4 Å². The van der Waals surface area contributed by atoms with Gasteiger partial charge in [0.25, 0.3) is 0 Å². The SMILES string of the molecule is CCCC/C=C\C/C=C\CCCCCCCC(=O)NCCOP(=O)(O)OCC(O)COC(=O)CCCCCCCCCCCCCCCCCCC. The maximum atomic E-state index is 12.1. The molecule has 306 valence electrons. The lowest BCUT2D eigenvalue weighted by atomic mass is 10.0. The number of aliphatic hydroxyl groups is 1. The quantitative estimate of drug-likeness (QED) is 0.0244. The van der Waals surface area contributed by atoms with E-state index in [1.807, 2.05) is 0 Å². The van der Waals surface area contributed by atoms with E-state index in [0.717, 1.165) is 64.2 Å². The van der Waals surface area contributed by atoms with Gasteiger partial charge in [-0.1, -0.05) is 173 Å². The second kappa shape index (κ2) is 39.2. The Morgan fingerprint density at radius 2 is 1.06 bits per heavy atom. The second-order valence-electron chi connectivity index (χ2n) is 14.3. The maximum absolute atomic E-state index is 12.1. The molecule has 1 amide bonds. The van der Waals surface area contributed by atoms with E-state index >= 15 is 0 Å². The van der Waals surface area contributed by atoms with Gasteiger partial charge in [-0.05, 0) is 38.5 Å². The Morgan fingerprint density at radius 3 is 1.60 bits per heavy atom. The summed E-state index contributed by atoms with van der Waals surface area (Å²) in [6, 6.07) is 0. The van der Waals surface area contributed by atoms with Crippen LogP contribution in [0.1, 0.15) is 200 Å². The van der Waals surface area contributed by atoms with E-state index in [1.54, 1.807) is 0 Å². The molecule has 0 radical (unpaired) electrons. The average molecular weight is 758 g/mol. The summed E-state index contributed by atoms with van der Waals surface area (Å²) in [6.07, 6.45) is 41.0. The number of nitrogens with one attached hydrogen (secondary N) is 1. The number of hydrogen-bond acceptors (Lipinski definition) is 7. The fraction of sp³-hybridized carbons (Fsp3) is 0.857. The monoisotopic (exact) mass is 758 g/mol. The predicted molar refractivity (Wildman–Crippen MR) is 215 cm³/mol. The minimum Gasteiger partial charge on any atom is -0.463 e. The first-order valence-electron chi connectivity index (χ1n) is 21.3. The van der Waals surface area contributed by atoms with Gasteiger partial charge in [0.05, 0.1) is 13.2 Å². The van der Waals surface area contributed by atoms with Crippen molar-refractivity contribution in [3.05, 3.63) is 24.3 Å². The highest BCUT2D eigenvalue weighted by Gasteiger charge is 2.23. The first-order chi connectivity index (χ1) is 25.3. The van der Waals surface area contributed by atoms with Crippen LogP contribution in [-0.2, 0) is 27.9 Å². The van der Waals surface area contributed by atoms with Crippen LogP contribution >= 0.6 is 7.82 Å². The zero-order valence-electron chi connectivity index (χ0n) is 33.5. The third-order valence-electron chi connectivity index (χ3n) is 9.13. The molecule has 0 saturated heterocycles. The van der Waals surface area contributed by atoms with Crippen LogP contribution in [0.5, 0.6) is 0 Å². The van der Waals surface area contributed by atoms with Crippen molar-refractivity contribution in [3.63, 3.8) is 0 Å². The third-order valence-corrected chi connectivity index (χ3v) is 10.1. The van der Waals surface area contributed by atoms with E-state index in [0.29, 0.717) is 6.42 Å². The molecule has 0 spiro atoms. The Kier molecular flexibility index (Phi) is 38.1. The molecule has 0 rings (SSSR count). The molecule has 0 heterocycles. The topological polar surface area (TPSA) is 131 Å². The Hall–Kier alpha value is -1.51. The summed E-state index contributed by atoms with van der Waals surface area (Å²) in [5.41, 5.74) is 0. The molecule has 3 N–H and O–H groups in total. The molecule has 52 heavy (non-hydrogen) atoms. The van der Waals surface area contributed by atoms with Gasteiger partial charge in [0.1, 0.15) is 12.7 Å². The number of aliphatic hydroxyl groups excluding tert-OH is 1. The van der Waals surface area contributed by atoms with Crippen molar-refractivity contribution in [2.75, 3.05) is 26.4 Å². The fourth-order valence-electron chi connectivity index (χ4n) is 5.87. The van der Waals surface area contributed by atoms with E-state index in [-0.39, 0.29) is 32.1 Å². The van der Waals surface area contributed by atoms with Gasteiger partial charge in [-0.15, -0.1) is 0 Å². The smallest absolute Gasteiger partial charge is 0.463 e. The van der Waals surface area contributed by atoms with Crippen LogP contribution in [0.3, 0.4) is 0 Å². The van der Waals surface area contributed by atoms with Crippen LogP contribution < -0.4 is 5.32 Å². The van der Waals surface area contributed by atoms with E-state index in [1.165, 1.54) is 109 Å². The summed E-state index contributed by atoms with van der Waals surface area (Å²) in [5.74, 6) is -0.525. The maximum Gasteiger partial charge on any atom is 0.472 e. The van der Waals surface area contributed by atoms with Crippen molar-refractivity contribution >= 4 is 19.7 Å². The van der Waals surface area contributed by atoms with Crippen LogP contribution in [0.4, 0.5) is 0 Å². The van der Waals surface area contributed by atoms with Crippen molar-refractivity contribution in [1.29, 1.82) is 0 Å². The average Bonchev–Trinajstić information content (AvgIpc) is 3.13. The molecule has 0 bridgehead atoms. The summed E-state index contributed by atoms with van der Waals surface area (Å²) in [7, 11) is -4.41. The van der Waals surface area contributed by atoms with Gasteiger partial charge in [0.15, 0.2) is 0 Å². The number of ether oxygens (including phenoxy) is 1. The number of amides is 1. The molecule has 0 aromatic rings. The van der Waals surface area contributed by atoms with E-state index in [2.05, 4.69) is 43.5 Å². The van der Waals surface area contributed by atoms with E-state index < -0.39 is 26.5 Å². The molecule has 2 unspecified atom stereocenters. The molecular formula is C42H80NO8P. The minimum atomic E-state index is -4.41. The van der Waals surface area contributed by atoms with Crippen LogP contribution in [0.15, 0.2) is 24.3 Å². The Morgan fingerprint density at radius 1 is 0.596 bits per heavy atom. The van der Waals surface area contributed by atoms with Gasteiger partial charge >= 0.3 is 13.8 Å². The molecule has 0 aromatic heterocycles. The van der Waals surface area contributed by atoms with Crippen LogP contribution in [0.25, 0.3) is 0 Å². The zero-order chi connectivity index (χ0) is 38.2. The van der Waals surface area contributed by atoms with Gasteiger partial charge < -0.3 is 20.1 Å². The molecule has 0 aliphatic carbocycles. The van der Waals surface area contributed by atoms with E-state index in [4.69, 9.17) is 13.8 Å². The third kappa shape index (κ3) is 39.7. The molecule has 0 fully saturated rings. The Bertz CT molecular complexity index is 912. The van der Waals surface area contributed by atoms with Crippen molar-refractivity contribution in [1.82, 2.24) is 5.32 Å². The Labute approximate surface area is 319 Å². The van der Waals surface area contributed by atoms with Crippen LogP contribution in [0.2, 0.25) is 0 Å². The number of esters is 1. The summed E-state index contributed by atoms with van der Waals surface area (Å²) in [6.45, 7) is 3.51. The fourth-order valence-corrected chi connectivity index (χ4v) is 6.62. The highest BCUT2D eigenvalue weighted by molar-refractivity contribution is 7.47. The lowest BCUT2D eigenvalue weighted by Crippen LogP contribution is -2.27. The molecule has 0 aliphatic heterocycles. The van der Waals surface area contributed by atoms with Gasteiger partial charge in [-0.2, -0.15) is 0 Å². The number of rotatable bonds is 40. The normalized spacial score (nSPS) is 13.5. The van der Waals surface area contributed by atoms with Gasteiger partial charge in [0.2, 0.25) is 5.91 Å². The number of phosphoric acid groups is 1. The zero-order valence-corrected chi connectivity index (χ0v) is 34.4. The van der Waals surface area contributed by atoms with E-state index in [9.17, 15) is 24.2 Å². The number of unbranched alkanes of at least 4 members (excludes halogenated alkanes) is 23. The first-order valence-corrected chi connectivity index (χ1v) is 22.8. The number of hydrogen-bond donors (Lipinski definition) is 3. The molecule has 0 aliphatic rings. The second-order valence-corrected chi connectivity index (χ2v) is 15.8. The summed E-state index contributed by atoms with van der Waals surface area (Å²) in [4.78, 5) is 33.9. The molecular weight excluding hydrogens is 677 g/mol. The highest BCUT2D eigenvalue weighted by Crippen LogP contribution is 2.42. The van der Waals surface area contributed by atoms with Crippen LogP contribution in [0, 0.1) is 0 Å². The van der Waals surface area contributed by atoms with Crippen LogP contribution in [-0.4, -0.2) is 54.3 Å². The summed E-state index contributed by atoms with van der Waals surface area (Å²) >= 11 is 0. The van der Waals surface area contributed by atoms with Crippen molar-refractivity contribution in [2.45, 2.75) is 206 Å². The minimum absolute atomic E-state index is 0.0758.